The number of hydrogen-bond acceptors (Lipinski definition) is 12. The summed E-state index contributed by atoms with van der Waals surface area (Å²) in [5.41, 5.74) is 3.91. The van der Waals surface area contributed by atoms with Crippen LogP contribution in [0.1, 0.15) is 41.5 Å². The summed E-state index contributed by atoms with van der Waals surface area (Å²) in [6, 6.07) is 8.30. The number of fused-ring (bicyclic) bond motifs is 6. The second-order valence-electron chi connectivity index (χ2n) is 12.1. The van der Waals surface area contributed by atoms with Crippen LogP contribution in [0.4, 0.5) is 22.7 Å². The van der Waals surface area contributed by atoms with Gasteiger partial charge in [0.1, 0.15) is 0 Å². The molecule has 66 heavy (non-hydrogen) atoms. The average Bonchev–Trinajstić information content (AvgIpc) is 3.25. The minimum atomic E-state index is -1.28. The Morgan fingerprint density at radius 2 is 0.455 bits per heavy atom. The smallest absolute Gasteiger partial charge is 0.665 e. The zero-order valence-electron chi connectivity index (χ0n) is 37.5. The van der Waals surface area contributed by atoms with E-state index in [1.807, 2.05) is 24.3 Å². The maximum Gasteiger partial charge on any atom is 2.00 e. The number of hydrogen-bond donors (Lipinski definition) is 12. The molecule has 0 amide bonds. The largest absolute Gasteiger partial charge is 2.00 e. The zero-order valence-corrected chi connectivity index (χ0v) is 42.0. The third-order valence-corrected chi connectivity index (χ3v) is 6.88. The molecule has 364 valence electrons. The number of rotatable bonds is 6. The predicted octanol–water partition coefficient (Wildman–Crippen LogP) is 3.86. The summed E-state index contributed by atoms with van der Waals surface area (Å²) in [5, 5.41) is 118. The van der Waals surface area contributed by atoms with Crippen molar-refractivity contribution in [2.75, 3.05) is 0 Å². The molecule has 2 aromatic carbocycles. The maximum atomic E-state index is 8.02. The second kappa shape index (κ2) is 45.5. The van der Waals surface area contributed by atoms with E-state index < -0.39 is 37.7 Å². The van der Waals surface area contributed by atoms with Crippen LogP contribution in [0.15, 0.2) is 146 Å². The maximum absolute atomic E-state index is 8.02. The van der Waals surface area contributed by atoms with Gasteiger partial charge < -0.3 is 82.5 Å². The molecule has 2 aromatic rings. The van der Waals surface area contributed by atoms with Crippen molar-refractivity contribution in [3.8, 4) is 0 Å². The van der Waals surface area contributed by atoms with Gasteiger partial charge in [0.15, 0.2) is 37.7 Å². The molecule has 4 heterocycles. The molecular weight excluding hydrogens is 1140 g/mol. The van der Waals surface area contributed by atoms with Gasteiger partial charge in [-0.2, -0.15) is 24.8 Å². The third kappa shape index (κ3) is 36.8. The van der Waals surface area contributed by atoms with Gasteiger partial charge in [-0.15, -0.1) is 22.7 Å². The van der Waals surface area contributed by atoms with Gasteiger partial charge >= 0.3 is 79.9 Å². The van der Waals surface area contributed by atoms with E-state index in [1.54, 1.807) is 103 Å². The van der Waals surface area contributed by atoms with Crippen molar-refractivity contribution in [3.05, 3.63) is 188 Å². The topological polar surface area (TPSA) is 299 Å². The Labute approximate surface area is 451 Å². The Kier molecular flexibility index (Phi) is 47.7. The van der Waals surface area contributed by atoms with Gasteiger partial charge in [-0.3, -0.25) is 0 Å². The van der Waals surface area contributed by atoms with Crippen molar-refractivity contribution in [3.63, 3.8) is 0 Å². The molecule has 0 radical (unpaired) electrons. The summed E-state index contributed by atoms with van der Waals surface area (Å²) in [4.78, 5) is 0. The monoisotopic (exact) mass is 1200 g/mol. The van der Waals surface area contributed by atoms with Crippen LogP contribution in [0, 0.1) is 79.9 Å². The number of benzene rings is 2. The van der Waals surface area contributed by atoms with Gasteiger partial charge in [0.05, 0.1) is 0 Å². The first-order chi connectivity index (χ1) is 30.5. The van der Waals surface area contributed by atoms with Crippen LogP contribution in [0.3, 0.4) is 0 Å². The predicted molar refractivity (Wildman–Crippen MR) is 256 cm³/mol. The third-order valence-electron chi connectivity index (χ3n) is 6.88. The molecule has 6 rings (SSSR count). The molecule has 0 unspecified atom stereocenters. The molecular formula is C48H64Gd2N4O12. The van der Waals surface area contributed by atoms with Crippen molar-refractivity contribution in [2.24, 2.45) is 0 Å². The van der Waals surface area contributed by atoms with E-state index in [0.717, 1.165) is 43.6 Å². The molecule has 0 aliphatic carbocycles. The van der Waals surface area contributed by atoms with Gasteiger partial charge in [-0.05, 0) is 98.9 Å². The molecule has 0 aromatic heterocycles. The van der Waals surface area contributed by atoms with Crippen molar-refractivity contribution < 1.29 is 141 Å². The molecule has 0 atom stereocenters. The standard InChI is InChI=1S/2C12H8N2.6C4H8O2.2Gd/c2*1-3-9-5-6-10-4-2-8-14-12(10)11(9)13-7-1;6*1-2-3-4(5)6;;/h2*1-8H;6*2-6H,1H3;;/q2*-2;;;;;;;2*+2. The van der Waals surface area contributed by atoms with Gasteiger partial charge in [-0.1, -0.05) is 109 Å². The van der Waals surface area contributed by atoms with Gasteiger partial charge in [-0.25, -0.2) is 0 Å². The first-order valence-electron chi connectivity index (χ1n) is 19.6. The second-order valence-corrected chi connectivity index (χ2v) is 12.1. The van der Waals surface area contributed by atoms with Crippen LogP contribution < -0.4 is 20.9 Å². The first kappa shape index (κ1) is 69.3. The minimum absolute atomic E-state index is 0. The van der Waals surface area contributed by atoms with Crippen LogP contribution in [0.25, 0.3) is 45.6 Å². The van der Waals surface area contributed by atoms with E-state index in [0.29, 0.717) is 0 Å². The minimum Gasteiger partial charge on any atom is -0.665 e. The van der Waals surface area contributed by atoms with E-state index in [2.05, 4.69) is 69.8 Å². The molecule has 0 fully saturated rings. The molecule has 18 heteroatoms. The van der Waals surface area contributed by atoms with Gasteiger partial charge in [0.25, 0.3) is 0 Å². The molecule has 16 nitrogen and oxygen atoms in total. The van der Waals surface area contributed by atoms with Crippen LogP contribution in [-0.2, 0) is 0 Å². The van der Waals surface area contributed by atoms with E-state index in [9.17, 15) is 0 Å². The molecule has 0 saturated carbocycles. The van der Waals surface area contributed by atoms with Gasteiger partial charge in [0, 0.05) is 0 Å². The number of aliphatic hydroxyl groups excluding tert-OH is 6. The van der Waals surface area contributed by atoms with Crippen LogP contribution in [0.2, 0.25) is 0 Å². The van der Waals surface area contributed by atoms with Gasteiger partial charge in [0.2, 0.25) is 0 Å². The summed E-state index contributed by atoms with van der Waals surface area (Å²) >= 11 is 0. The number of aliphatic hydroxyl groups is 12. The van der Waals surface area contributed by atoms with Crippen molar-refractivity contribution in [2.45, 2.75) is 79.3 Å². The van der Waals surface area contributed by atoms with E-state index >= 15 is 0 Å². The fraction of sp³-hybridized carbons (Fsp3) is 0.250. The molecule has 0 spiro atoms. The zero-order chi connectivity index (χ0) is 48.7. The summed E-state index contributed by atoms with van der Waals surface area (Å²) in [7, 11) is 0. The molecule has 4 aliphatic rings. The fourth-order valence-electron chi connectivity index (χ4n) is 4.39. The summed E-state index contributed by atoms with van der Waals surface area (Å²) in [6.07, 6.45) is 32.6. The fourth-order valence-corrected chi connectivity index (χ4v) is 4.39. The molecule has 0 bridgehead atoms. The van der Waals surface area contributed by atoms with E-state index in [1.165, 1.54) is 36.5 Å². The molecule has 12 N–H and O–H groups in total. The summed E-state index contributed by atoms with van der Waals surface area (Å²) in [6.45, 7) is 10.3. The van der Waals surface area contributed by atoms with E-state index in [-0.39, 0.29) is 79.9 Å². The average molecular weight is 1200 g/mol. The Morgan fingerprint density at radius 1 is 0.303 bits per heavy atom. The summed E-state index contributed by atoms with van der Waals surface area (Å²) < 4.78 is 0. The molecule has 4 aliphatic heterocycles. The van der Waals surface area contributed by atoms with Crippen LogP contribution >= 0.6 is 0 Å². The van der Waals surface area contributed by atoms with Crippen molar-refractivity contribution >= 4 is 47.1 Å². The quantitative estimate of drug-likeness (QED) is 0.145. The number of nitrogens with zero attached hydrogens (tertiary/aromatic N) is 4. The number of allylic oxidation sites excluding steroid dienone is 10. The van der Waals surface area contributed by atoms with Crippen molar-refractivity contribution in [1.29, 1.82) is 0 Å². The van der Waals surface area contributed by atoms with Crippen molar-refractivity contribution in [1.82, 2.24) is 0 Å². The van der Waals surface area contributed by atoms with Crippen LogP contribution in [0.5, 0.6) is 0 Å². The molecule has 0 saturated heterocycles. The normalized spacial score (nSPS) is 12.7. The Balaban J connectivity index is -0.000000346. The van der Waals surface area contributed by atoms with E-state index in [4.69, 9.17) is 61.3 Å². The Bertz CT molecular complexity index is 1810. The summed E-state index contributed by atoms with van der Waals surface area (Å²) in [5.74, 6) is 0. The Hall–Kier alpha value is -3.31. The van der Waals surface area contributed by atoms with Crippen LogP contribution in [-0.4, -0.2) is 99.0 Å². The Morgan fingerprint density at radius 3 is 0.561 bits per heavy atom. The first-order valence-corrected chi connectivity index (χ1v) is 19.6. The SMILES string of the molecule is C1=C[N-]c2c3c(ccc2=C1)=CC=C[N-]3.C1=C[N-]c2c3c(ccc2=C1)=CC=C[N-]3.CC=CC(O)O.CC=CC(O)O.CC=CC(O)O.CC=CC(O)O.CC=CC(O)O.CC=CC(O)O.[Gd+2].[Gd+2].